The molecule has 33 heavy (non-hydrogen) atoms. The smallest absolute Gasteiger partial charge is 0.241 e. The number of hydrazine groups is 1. The second-order valence-electron chi connectivity index (χ2n) is 7.95. The Morgan fingerprint density at radius 3 is 2.45 bits per heavy atom. The fourth-order valence-corrected chi connectivity index (χ4v) is 3.20. The number of rotatable bonds is 10. The van der Waals surface area contributed by atoms with Crippen LogP contribution in [0.25, 0.3) is 10.9 Å². The summed E-state index contributed by atoms with van der Waals surface area (Å²) in [5, 5.41) is 13.7. The van der Waals surface area contributed by atoms with Crippen molar-refractivity contribution in [1.82, 2.24) is 15.4 Å². The fourth-order valence-electron chi connectivity index (χ4n) is 3.20. The van der Waals surface area contributed by atoms with Gasteiger partial charge in [0.05, 0.1) is 33.4 Å². The number of carbonyl (C=O) groups is 1. The number of para-hydroxylation sites is 1. The molecule has 0 aliphatic heterocycles. The van der Waals surface area contributed by atoms with E-state index in [0.29, 0.717) is 46.5 Å². The van der Waals surface area contributed by atoms with E-state index in [1.807, 2.05) is 24.3 Å². The molecule has 1 heterocycles. The van der Waals surface area contributed by atoms with Crippen molar-refractivity contribution in [2.24, 2.45) is 0 Å². The zero-order chi connectivity index (χ0) is 24.0. The number of carbonyl (C=O) groups excluding carboxylic acids is 1. The summed E-state index contributed by atoms with van der Waals surface area (Å²) < 4.78 is 16.1. The van der Waals surface area contributed by atoms with Crippen molar-refractivity contribution in [3.8, 4) is 17.2 Å². The number of nitrogens with one attached hydrogen (secondary N) is 3. The van der Waals surface area contributed by atoms with E-state index in [1.54, 1.807) is 47.3 Å². The number of ether oxygens (including phenoxy) is 3. The predicted octanol–water partition coefficient (Wildman–Crippen LogP) is 2.87. The van der Waals surface area contributed by atoms with Gasteiger partial charge in [-0.15, -0.1) is 0 Å². The number of hydrogen-bond donors (Lipinski definition) is 4. The normalized spacial score (nSPS) is 11.1. The zero-order valence-electron chi connectivity index (χ0n) is 19.4. The van der Waals surface area contributed by atoms with Crippen LogP contribution in [0, 0.1) is 0 Å². The molecule has 4 N–H and O–H groups in total. The summed E-state index contributed by atoms with van der Waals surface area (Å²) in [5.74, 6) is 2.24. The van der Waals surface area contributed by atoms with Crippen LogP contribution in [0.4, 0.5) is 11.8 Å². The molecule has 0 bridgehead atoms. The Bertz CT molecular complexity index is 1130. The van der Waals surface area contributed by atoms with Gasteiger partial charge in [0.1, 0.15) is 22.8 Å². The quantitative estimate of drug-likeness (QED) is 0.341. The van der Waals surface area contributed by atoms with Crippen molar-refractivity contribution in [3.05, 3.63) is 42.0 Å². The monoisotopic (exact) mass is 455 g/mol. The van der Waals surface area contributed by atoms with Crippen LogP contribution in [0.1, 0.15) is 25.8 Å². The van der Waals surface area contributed by atoms with Gasteiger partial charge in [0.25, 0.3) is 0 Å². The molecule has 10 nitrogen and oxygen atoms in total. The molecule has 176 valence electrons. The standard InChI is InChI=1S/C23H29N5O5/c1-23(2,30)12-19(29)27-28-21-16-7-6-8-17(32-4)20(16)25-22(26-21)24-13-14-9-10-15(31-3)11-18(14)33-5/h6-11,30H,12-13H2,1-5H3,(H,27,29)(H2,24,25,26,28). The van der Waals surface area contributed by atoms with E-state index in [2.05, 4.69) is 26.1 Å². The number of aromatic nitrogens is 2. The van der Waals surface area contributed by atoms with Crippen LogP contribution in [0.5, 0.6) is 17.2 Å². The molecule has 0 atom stereocenters. The van der Waals surface area contributed by atoms with Gasteiger partial charge in [-0.05, 0) is 38.1 Å². The van der Waals surface area contributed by atoms with Gasteiger partial charge in [-0.25, -0.2) is 4.98 Å². The molecule has 0 spiro atoms. The molecule has 0 radical (unpaired) electrons. The lowest BCUT2D eigenvalue weighted by Gasteiger charge is -2.18. The van der Waals surface area contributed by atoms with E-state index in [-0.39, 0.29) is 12.3 Å². The van der Waals surface area contributed by atoms with Crippen LogP contribution in [0.15, 0.2) is 36.4 Å². The second kappa shape index (κ2) is 10.2. The Hall–Kier alpha value is -3.79. The molecule has 0 aliphatic rings. The maximum absolute atomic E-state index is 12.2. The summed E-state index contributed by atoms with van der Waals surface area (Å²) in [6.45, 7) is 3.51. The number of fused-ring (bicyclic) bond motifs is 1. The SMILES string of the molecule is COc1ccc(CNc2nc(NNC(=O)CC(C)(C)O)c3cccc(OC)c3n2)c(OC)c1. The highest BCUT2D eigenvalue weighted by Gasteiger charge is 2.19. The number of benzene rings is 2. The largest absolute Gasteiger partial charge is 0.497 e. The molecule has 3 rings (SSSR count). The molecule has 2 aromatic carbocycles. The highest BCUT2D eigenvalue weighted by molar-refractivity contribution is 5.94. The molecule has 1 amide bonds. The molecule has 0 aliphatic carbocycles. The third kappa shape index (κ3) is 6.13. The van der Waals surface area contributed by atoms with Gasteiger partial charge in [0, 0.05) is 23.6 Å². The van der Waals surface area contributed by atoms with E-state index in [0.717, 1.165) is 5.56 Å². The zero-order valence-corrected chi connectivity index (χ0v) is 19.4. The Kier molecular flexibility index (Phi) is 7.39. The van der Waals surface area contributed by atoms with Gasteiger partial charge < -0.3 is 24.6 Å². The van der Waals surface area contributed by atoms with Crippen LogP contribution in [-0.2, 0) is 11.3 Å². The number of hydrogen-bond acceptors (Lipinski definition) is 9. The minimum absolute atomic E-state index is 0.0747. The van der Waals surface area contributed by atoms with Crippen LogP contribution in [0.3, 0.4) is 0 Å². The van der Waals surface area contributed by atoms with Gasteiger partial charge in [-0.1, -0.05) is 6.07 Å². The van der Waals surface area contributed by atoms with Gasteiger partial charge in [0.2, 0.25) is 11.9 Å². The highest BCUT2D eigenvalue weighted by Crippen LogP contribution is 2.30. The van der Waals surface area contributed by atoms with Crippen molar-refractivity contribution < 1.29 is 24.1 Å². The van der Waals surface area contributed by atoms with E-state index in [9.17, 15) is 9.90 Å². The first-order valence-electron chi connectivity index (χ1n) is 10.3. The van der Waals surface area contributed by atoms with Crippen molar-refractivity contribution in [2.75, 3.05) is 32.1 Å². The van der Waals surface area contributed by atoms with Crippen molar-refractivity contribution >= 4 is 28.6 Å². The number of anilines is 2. The molecule has 0 saturated carbocycles. The molecule has 0 unspecified atom stereocenters. The van der Waals surface area contributed by atoms with Crippen molar-refractivity contribution in [3.63, 3.8) is 0 Å². The predicted molar refractivity (Wildman–Crippen MR) is 126 cm³/mol. The van der Waals surface area contributed by atoms with Gasteiger partial charge in [-0.3, -0.25) is 15.6 Å². The summed E-state index contributed by atoms with van der Waals surface area (Å²) in [5.41, 5.74) is 5.73. The first-order chi connectivity index (χ1) is 15.7. The van der Waals surface area contributed by atoms with Crippen molar-refractivity contribution in [1.29, 1.82) is 0 Å². The van der Waals surface area contributed by atoms with Crippen LogP contribution < -0.4 is 30.4 Å². The topological polar surface area (TPSA) is 127 Å². The molecule has 10 heteroatoms. The van der Waals surface area contributed by atoms with Gasteiger partial charge in [0.15, 0.2) is 5.82 Å². The molecular formula is C23H29N5O5. The average molecular weight is 456 g/mol. The van der Waals surface area contributed by atoms with Crippen LogP contribution >= 0.6 is 0 Å². The summed E-state index contributed by atoms with van der Waals surface area (Å²) in [6.07, 6.45) is -0.0747. The first-order valence-corrected chi connectivity index (χ1v) is 10.3. The lowest BCUT2D eigenvalue weighted by Crippen LogP contribution is -2.35. The van der Waals surface area contributed by atoms with E-state index < -0.39 is 5.60 Å². The number of methoxy groups -OCH3 is 3. The summed E-state index contributed by atoms with van der Waals surface area (Å²) >= 11 is 0. The summed E-state index contributed by atoms with van der Waals surface area (Å²) in [6, 6.07) is 11.0. The fraction of sp³-hybridized carbons (Fsp3) is 0.348. The minimum atomic E-state index is -1.13. The van der Waals surface area contributed by atoms with E-state index in [4.69, 9.17) is 14.2 Å². The molecular weight excluding hydrogens is 426 g/mol. The first kappa shape index (κ1) is 23.9. The van der Waals surface area contributed by atoms with Crippen LogP contribution in [-0.4, -0.2) is 47.9 Å². The van der Waals surface area contributed by atoms with Gasteiger partial charge >= 0.3 is 0 Å². The van der Waals surface area contributed by atoms with Crippen molar-refractivity contribution in [2.45, 2.75) is 32.4 Å². The van der Waals surface area contributed by atoms with E-state index >= 15 is 0 Å². The third-order valence-electron chi connectivity index (χ3n) is 4.75. The lowest BCUT2D eigenvalue weighted by atomic mass is 10.1. The Morgan fingerprint density at radius 1 is 1.03 bits per heavy atom. The Labute approximate surface area is 192 Å². The maximum Gasteiger partial charge on any atom is 0.241 e. The number of amides is 1. The Morgan fingerprint density at radius 2 is 1.79 bits per heavy atom. The summed E-state index contributed by atoms with van der Waals surface area (Å²) in [4.78, 5) is 21.3. The Balaban J connectivity index is 1.88. The maximum atomic E-state index is 12.2. The summed E-state index contributed by atoms with van der Waals surface area (Å²) in [7, 11) is 4.75. The van der Waals surface area contributed by atoms with Crippen LogP contribution in [0.2, 0.25) is 0 Å². The number of nitrogens with zero attached hydrogens (tertiary/aromatic N) is 2. The van der Waals surface area contributed by atoms with Gasteiger partial charge in [-0.2, -0.15) is 4.98 Å². The molecule has 0 fully saturated rings. The number of aliphatic hydroxyl groups is 1. The average Bonchev–Trinajstić information content (AvgIpc) is 2.79. The highest BCUT2D eigenvalue weighted by atomic mass is 16.5. The lowest BCUT2D eigenvalue weighted by molar-refractivity contribution is -0.124. The molecule has 3 aromatic rings. The molecule has 1 aromatic heterocycles. The molecule has 0 saturated heterocycles. The third-order valence-corrected chi connectivity index (χ3v) is 4.75. The minimum Gasteiger partial charge on any atom is -0.497 e. The van der Waals surface area contributed by atoms with E-state index in [1.165, 1.54) is 0 Å². The second-order valence-corrected chi connectivity index (χ2v) is 7.95.